The lowest BCUT2D eigenvalue weighted by molar-refractivity contribution is 0.443. The molecule has 484 valence electrons. The lowest BCUT2D eigenvalue weighted by atomic mass is 9.31. The van der Waals surface area contributed by atoms with E-state index < -0.39 is 60.7 Å². The van der Waals surface area contributed by atoms with Gasteiger partial charge in [-0.15, -0.1) is 22.7 Å². The van der Waals surface area contributed by atoms with Crippen molar-refractivity contribution in [1.29, 1.82) is 0 Å². The minimum absolute atomic E-state index is 0.201. The first-order valence-electron chi connectivity index (χ1n) is 32.9. The van der Waals surface area contributed by atoms with Crippen molar-refractivity contribution >= 4 is 162 Å². The third kappa shape index (κ3) is 8.69. The van der Waals surface area contributed by atoms with Gasteiger partial charge in [-0.05, 0) is 124 Å². The van der Waals surface area contributed by atoms with Gasteiger partial charge in [-0.1, -0.05) is 115 Å². The van der Waals surface area contributed by atoms with Gasteiger partial charge in [-0.3, -0.25) is 0 Å². The number of benzene rings is 13. The average molecular weight is 1380 g/mol. The highest BCUT2D eigenvalue weighted by atomic mass is 32.1. The van der Waals surface area contributed by atoms with Crippen LogP contribution in [0, 0.1) is 34.9 Å². The van der Waals surface area contributed by atoms with Crippen LogP contribution in [-0.2, 0) is 0 Å². The van der Waals surface area contributed by atoms with E-state index in [1.165, 1.54) is 70.8 Å². The van der Waals surface area contributed by atoms with Gasteiger partial charge in [0.25, 0.3) is 20.1 Å². The van der Waals surface area contributed by atoms with E-state index in [-0.39, 0.29) is 28.5 Å². The number of ether oxygens (including phenoxy) is 6. The van der Waals surface area contributed by atoms with E-state index in [1.807, 2.05) is 152 Å². The van der Waals surface area contributed by atoms with Crippen molar-refractivity contribution in [3.05, 3.63) is 290 Å². The molecule has 0 saturated carbocycles. The Hall–Kier alpha value is -12.2. The largest absolute Gasteiger partial charge is 0.458 e. The Bertz CT molecular complexity index is 6070. The number of hydrogen-bond donors (Lipinski definition) is 0. The molecule has 21 rings (SSSR count). The van der Waals surface area contributed by atoms with Gasteiger partial charge in [0.2, 0.25) is 0 Å². The predicted octanol–water partition coefficient (Wildman–Crippen LogP) is 17.5. The van der Waals surface area contributed by atoms with Crippen LogP contribution in [0.2, 0.25) is 0 Å². The second-order valence-corrected chi connectivity index (χ2v) is 27.8. The summed E-state index contributed by atoms with van der Waals surface area (Å²) in [6.45, 7) is -2.22. The average Bonchev–Trinajstić information content (AvgIpc) is 1.14. The summed E-state index contributed by atoms with van der Waals surface area (Å²) in [7, 11) is 0. The molecule has 0 bridgehead atoms. The van der Waals surface area contributed by atoms with Crippen LogP contribution in [0.25, 0.3) is 20.2 Å². The van der Waals surface area contributed by atoms with Crippen molar-refractivity contribution in [2.45, 2.75) is 0 Å². The Kier molecular flexibility index (Phi) is 12.7. The highest BCUT2D eigenvalue weighted by molar-refractivity contribution is 7.34. The Balaban J connectivity index is 0.853. The molecular formula is C82H42B3F6N3O6S2. The number of nitrogens with zero attached hydrogens (tertiary/aromatic N) is 3. The summed E-state index contributed by atoms with van der Waals surface area (Å²) in [5, 5.41) is 1.58. The van der Waals surface area contributed by atoms with E-state index in [9.17, 15) is 0 Å². The molecule has 2 aromatic heterocycles. The summed E-state index contributed by atoms with van der Waals surface area (Å²) < 4.78 is 149. The van der Waals surface area contributed by atoms with Gasteiger partial charge in [0.1, 0.15) is 121 Å². The molecule has 0 radical (unpaired) electrons. The zero-order valence-electron chi connectivity index (χ0n) is 52.9. The summed E-state index contributed by atoms with van der Waals surface area (Å²) >= 11 is 3.02. The highest BCUT2D eigenvalue weighted by Crippen LogP contribution is 2.54. The van der Waals surface area contributed by atoms with Gasteiger partial charge >= 0.3 is 0 Å². The normalized spacial score (nSPS) is 13.5. The molecule has 8 heterocycles. The lowest BCUT2D eigenvalue weighted by Gasteiger charge is -2.44. The molecule has 0 fully saturated rings. The summed E-state index contributed by atoms with van der Waals surface area (Å²) in [6.07, 6.45) is 0. The number of rotatable bonds is 9. The van der Waals surface area contributed by atoms with Gasteiger partial charge in [0, 0.05) is 112 Å². The van der Waals surface area contributed by atoms with E-state index in [4.69, 9.17) is 28.4 Å². The lowest BCUT2D eigenvalue weighted by Crippen LogP contribution is -2.64. The molecule has 9 nitrogen and oxygen atoms in total. The number of hydrogen-bond acceptors (Lipinski definition) is 11. The molecule has 102 heavy (non-hydrogen) atoms. The van der Waals surface area contributed by atoms with Crippen molar-refractivity contribution in [2.24, 2.45) is 0 Å². The summed E-state index contributed by atoms with van der Waals surface area (Å²) in [5.41, 5.74) is 5.25. The fourth-order valence-corrected chi connectivity index (χ4v) is 18.5. The van der Waals surface area contributed by atoms with Gasteiger partial charge in [-0.25, -0.2) is 26.3 Å². The molecule has 13 aromatic carbocycles. The first kappa shape index (κ1) is 58.7. The standard InChI is InChI=1S/C82H42B3F6N3O6S2/c86-55-25-14-26-56(87)77(55)92-61-41-66-53(39-51(61)84-73-63(92)33-46(95-43-17-4-1-5-18-43)34-64(73)94(79-59(90)29-16-30-60(79)91)76-49-23-10-12-31-71(49)101-81(76)84)83-54-40-52-62(42-67(54)99-70-38-48(37-69(98-66)75(70)83)97-45-21-8-3-9-22-45)93(78-57(88)27-15-28-58(78)89)65-35-47(96-44-19-6-2-7-20-44)36-68-74(65)85(52)82-80(100-68)50-24-11-13-32-72(50)102-82/h1-42H. The monoisotopic (exact) mass is 1380 g/mol. The molecule has 0 amide bonds. The zero-order chi connectivity index (χ0) is 67.9. The fraction of sp³-hybridized carbons (Fsp3) is 0. The first-order valence-corrected chi connectivity index (χ1v) is 34.5. The molecule has 0 unspecified atom stereocenters. The van der Waals surface area contributed by atoms with Crippen LogP contribution in [0.3, 0.4) is 0 Å². The molecule has 20 heteroatoms. The summed E-state index contributed by atoms with van der Waals surface area (Å²) in [4.78, 5) is 4.69. The maximum atomic E-state index is 17.5. The van der Waals surface area contributed by atoms with Crippen LogP contribution in [0.5, 0.6) is 69.0 Å². The maximum absolute atomic E-state index is 17.5. The SMILES string of the molecule is Fc1cccc(F)c1N1c2cc3c(cc2B2c4sc5ccccc5c4Oc4cc(Oc5ccccc5)cc1c42)B1c2cc4c(cc2Oc2cc(Oc5ccccc5)cc(c21)O3)N(c1c(F)cccc1F)c1cc(Oc2ccccc2)cc2c1B4c1sc3ccccc3c1N2c1c(F)cccc1F. The topological polar surface area (TPSA) is 65.1 Å². The van der Waals surface area contributed by atoms with E-state index in [1.54, 1.807) is 63.6 Å². The smallest absolute Gasteiger partial charge is 0.268 e. The maximum Gasteiger partial charge on any atom is 0.268 e. The van der Waals surface area contributed by atoms with Crippen LogP contribution in [-0.4, -0.2) is 20.1 Å². The molecule has 0 N–H and O–H groups in total. The minimum atomic E-state index is -0.902. The second-order valence-electron chi connectivity index (χ2n) is 25.6. The number of halogens is 6. The van der Waals surface area contributed by atoms with Gasteiger partial charge < -0.3 is 43.1 Å². The molecule has 0 spiro atoms. The minimum Gasteiger partial charge on any atom is -0.458 e. The van der Waals surface area contributed by atoms with Crippen LogP contribution in [0.15, 0.2) is 255 Å². The molecular weight excluding hydrogens is 1330 g/mol. The third-order valence-electron chi connectivity index (χ3n) is 19.9. The number of fused-ring (bicyclic) bond motifs is 16. The van der Waals surface area contributed by atoms with Crippen molar-refractivity contribution in [3.63, 3.8) is 0 Å². The van der Waals surface area contributed by atoms with E-state index in [0.29, 0.717) is 134 Å². The molecule has 6 aliphatic rings. The quantitative estimate of drug-likeness (QED) is 0.104. The predicted molar refractivity (Wildman–Crippen MR) is 394 cm³/mol. The highest BCUT2D eigenvalue weighted by Gasteiger charge is 2.52. The van der Waals surface area contributed by atoms with E-state index >= 15 is 26.3 Å². The molecule has 0 atom stereocenters. The fourth-order valence-electron chi connectivity index (χ4n) is 15.9. The van der Waals surface area contributed by atoms with Crippen molar-refractivity contribution in [2.75, 3.05) is 14.7 Å². The first-order chi connectivity index (χ1) is 50.0. The van der Waals surface area contributed by atoms with Crippen LogP contribution < -0.4 is 90.9 Å². The van der Waals surface area contributed by atoms with Crippen molar-refractivity contribution in [3.8, 4) is 69.0 Å². The van der Waals surface area contributed by atoms with Crippen LogP contribution in [0.4, 0.5) is 77.5 Å². The molecule has 0 aliphatic carbocycles. The third-order valence-corrected chi connectivity index (χ3v) is 22.3. The summed E-state index contributed by atoms with van der Waals surface area (Å²) in [6, 6.07) is 72.7. The van der Waals surface area contributed by atoms with Crippen LogP contribution in [0.1, 0.15) is 0 Å². The molecule has 6 aliphatic heterocycles. The second kappa shape index (κ2) is 22.1. The van der Waals surface area contributed by atoms with Crippen molar-refractivity contribution < 1.29 is 54.8 Å². The Morgan fingerprint density at radius 1 is 0.275 bits per heavy atom. The summed E-state index contributed by atoms with van der Waals surface area (Å²) in [5.74, 6) is -0.433. The Labute approximate surface area is 586 Å². The van der Waals surface area contributed by atoms with Gasteiger partial charge in [-0.2, -0.15) is 0 Å². The Morgan fingerprint density at radius 2 is 0.657 bits per heavy atom. The number of thiophene rings is 2. The Morgan fingerprint density at radius 3 is 1.16 bits per heavy atom. The van der Waals surface area contributed by atoms with Gasteiger partial charge in [0.15, 0.2) is 0 Å². The van der Waals surface area contributed by atoms with Crippen molar-refractivity contribution in [1.82, 2.24) is 0 Å². The van der Waals surface area contributed by atoms with E-state index in [0.717, 1.165) is 19.6 Å². The number of anilines is 9. The molecule has 15 aromatic rings. The van der Waals surface area contributed by atoms with Crippen LogP contribution >= 0.6 is 22.7 Å². The van der Waals surface area contributed by atoms with Gasteiger partial charge in [0.05, 0.1) is 5.69 Å². The number of para-hydroxylation sites is 6. The zero-order valence-corrected chi connectivity index (χ0v) is 54.5. The molecule has 0 saturated heterocycles. The van der Waals surface area contributed by atoms with E-state index in [2.05, 4.69) is 6.07 Å².